The van der Waals surface area contributed by atoms with E-state index in [-0.39, 0.29) is 0 Å². The molecule has 0 aromatic heterocycles. The maximum Gasteiger partial charge on any atom is 0.0503 e. The van der Waals surface area contributed by atoms with E-state index in [0.29, 0.717) is 0 Å². The van der Waals surface area contributed by atoms with Crippen LogP contribution in [0.25, 0.3) is 0 Å². The standard InChI is InChI=1S/C15H30N2O/c1-13-4-3-5-15(10-13)16-7-9-17-8-6-14(11-17)12-18-2/h13-16H,3-12H2,1-2H3. The first kappa shape index (κ1) is 14.3. The highest BCUT2D eigenvalue weighted by molar-refractivity contribution is 4.78. The largest absolute Gasteiger partial charge is 0.384 e. The molecule has 1 N–H and O–H groups in total. The lowest BCUT2D eigenvalue weighted by atomic mass is 9.87. The van der Waals surface area contributed by atoms with Gasteiger partial charge in [0.25, 0.3) is 0 Å². The van der Waals surface area contributed by atoms with E-state index >= 15 is 0 Å². The zero-order chi connectivity index (χ0) is 12.8. The molecule has 106 valence electrons. The molecule has 2 fully saturated rings. The third-order valence-corrected chi connectivity index (χ3v) is 4.57. The lowest BCUT2D eigenvalue weighted by molar-refractivity contribution is 0.153. The van der Waals surface area contributed by atoms with Gasteiger partial charge in [0.15, 0.2) is 0 Å². The summed E-state index contributed by atoms with van der Waals surface area (Å²) in [6.07, 6.45) is 6.93. The number of methoxy groups -OCH3 is 1. The Hall–Kier alpha value is -0.120. The van der Waals surface area contributed by atoms with Crippen molar-refractivity contribution >= 4 is 0 Å². The van der Waals surface area contributed by atoms with Crippen LogP contribution in [0.3, 0.4) is 0 Å². The summed E-state index contributed by atoms with van der Waals surface area (Å²) >= 11 is 0. The van der Waals surface area contributed by atoms with Gasteiger partial charge < -0.3 is 15.0 Å². The van der Waals surface area contributed by atoms with Gasteiger partial charge in [-0.05, 0) is 37.6 Å². The first-order valence-corrected chi connectivity index (χ1v) is 7.72. The van der Waals surface area contributed by atoms with Crippen molar-refractivity contribution in [2.24, 2.45) is 11.8 Å². The van der Waals surface area contributed by atoms with E-state index < -0.39 is 0 Å². The summed E-state index contributed by atoms with van der Waals surface area (Å²) in [5.41, 5.74) is 0. The Morgan fingerprint density at radius 3 is 2.94 bits per heavy atom. The Labute approximate surface area is 112 Å². The molecule has 1 heterocycles. The molecule has 0 aromatic rings. The zero-order valence-corrected chi connectivity index (χ0v) is 12.2. The lowest BCUT2D eigenvalue weighted by Gasteiger charge is -2.28. The van der Waals surface area contributed by atoms with Crippen molar-refractivity contribution in [1.82, 2.24) is 10.2 Å². The van der Waals surface area contributed by atoms with E-state index in [0.717, 1.165) is 31.0 Å². The van der Waals surface area contributed by atoms with Gasteiger partial charge in [-0.2, -0.15) is 0 Å². The van der Waals surface area contributed by atoms with Crippen molar-refractivity contribution in [3.63, 3.8) is 0 Å². The quantitative estimate of drug-likeness (QED) is 0.786. The third kappa shape index (κ3) is 4.52. The topological polar surface area (TPSA) is 24.5 Å². The van der Waals surface area contributed by atoms with Crippen LogP contribution in [0.1, 0.15) is 39.0 Å². The number of hydrogen-bond acceptors (Lipinski definition) is 3. The average Bonchev–Trinajstić information content (AvgIpc) is 2.78. The van der Waals surface area contributed by atoms with Crippen LogP contribution in [-0.2, 0) is 4.74 Å². The summed E-state index contributed by atoms with van der Waals surface area (Å²) in [7, 11) is 1.81. The van der Waals surface area contributed by atoms with Gasteiger partial charge in [-0.25, -0.2) is 0 Å². The molecule has 3 unspecified atom stereocenters. The second-order valence-corrected chi connectivity index (χ2v) is 6.33. The van der Waals surface area contributed by atoms with Crippen molar-refractivity contribution in [1.29, 1.82) is 0 Å². The molecule has 0 radical (unpaired) electrons. The van der Waals surface area contributed by atoms with E-state index in [4.69, 9.17) is 4.74 Å². The Morgan fingerprint density at radius 2 is 2.17 bits per heavy atom. The highest BCUT2D eigenvalue weighted by atomic mass is 16.5. The lowest BCUT2D eigenvalue weighted by Crippen LogP contribution is -2.38. The van der Waals surface area contributed by atoms with Crippen LogP contribution in [0.5, 0.6) is 0 Å². The predicted molar refractivity (Wildman–Crippen MR) is 75.8 cm³/mol. The molecular weight excluding hydrogens is 224 g/mol. The number of nitrogens with one attached hydrogen (secondary N) is 1. The van der Waals surface area contributed by atoms with Crippen molar-refractivity contribution < 1.29 is 4.74 Å². The molecule has 2 aliphatic rings. The van der Waals surface area contributed by atoms with Gasteiger partial charge in [-0.3, -0.25) is 0 Å². The predicted octanol–water partition coefficient (Wildman–Crippen LogP) is 2.12. The highest BCUT2D eigenvalue weighted by Crippen LogP contribution is 2.23. The molecule has 3 atom stereocenters. The van der Waals surface area contributed by atoms with Crippen LogP contribution in [0, 0.1) is 11.8 Å². The van der Waals surface area contributed by atoms with Crippen LogP contribution >= 0.6 is 0 Å². The van der Waals surface area contributed by atoms with Crippen LogP contribution in [0.2, 0.25) is 0 Å². The number of nitrogens with zero attached hydrogens (tertiary/aromatic N) is 1. The Balaban J connectivity index is 1.55. The molecule has 1 saturated carbocycles. The first-order chi connectivity index (χ1) is 8.78. The number of rotatable bonds is 6. The minimum absolute atomic E-state index is 0.768. The van der Waals surface area contributed by atoms with Crippen LogP contribution in [0.15, 0.2) is 0 Å². The van der Waals surface area contributed by atoms with Gasteiger partial charge >= 0.3 is 0 Å². The number of likely N-dealkylation sites (tertiary alicyclic amines) is 1. The molecule has 0 spiro atoms. The Bertz CT molecular complexity index is 235. The molecule has 0 bridgehead atoms. The van der Waals surface area contributed by atoms with Gasteiger partial charge in [-0.15, -0.1) is 0 Å². The fourth-order valence-corrected chi connectivity index (χ4v) is 3.53. The van der Waals surface area contributed by atoms with E-state index in [1.807, 2.05) is 7.11 Å². The van der Waals surface area contributed by atoms with Gasteiger partial charge in [0.05, 0.1) is 6.61 Å². The maximum absolute atomic E-state index is 5.24. The van der Waals surface area contributed by atoms with Crippen LogP contribution in [-0.4, -0.2) is 50.8 Å². The van der Waals surface area contributed by atoms with Gasteiger partial charge in [0.2, 0.25) is 0 Å². The number of hydrogen-bond donors (Lipinski definition) is 1. The molecule has 1 saturated heterocycles. The molecule has 1 aliphatic heterocycles. The summed E-state index contributed by atoms with van der Waals surface area (Å²) in [6.45, 7) is 8.20. The second-order valence-electron chi connectivity index (χ2n) is 6.33. The molecule has 1 aliphatic carbocycles. The minimum atomic E-state index is 0.768. The second kappa shape index (κ2) is 7.46. The van der Waals surface area contributed by atoms with E-state index in [9.17, 15) is 0 Å². The fraction of sp³-hybridized carbons (Fsp3) is 1.00. The normalized spacial score (nSPS) is 34.0. The Kier molecular flexibility index (Phi) is 5.93. The smallest absolute Gasteiger partial charge is 0.0503 e. The van der Waals surface area contributed by atoms with E-state index in [1.165, 1.54) is 51.7 Å². The van der Waals surface area contributed by atoms with Crippen molar-refractivity contribution in [2.45, 2.75) is 45.1 Å². The van der Waals surface area contributed by atoms with Gasteiger partial charge in [0, 0.05) is 32.8 Å². The van der Waals surface area contributed by atoms with Gasteiger partial charge in [-0.1, -0.05) is 19.8 Å². The molecular formula is C15H30N2O. The first-order valence-electron chi connectivity index (χ1n) is 7.72. The maximum atomic E-state index is 5.24. The summed E-state index contributed by atoms with van der Waals surface area (Å²) in [5.74, 6) is 1.69. The summed E-state index contributed by atoms with van der Waals surface area (Å²) < 4.78 is 5.24. The van der Waals surface area contributed by atoms with Crippen molar-refractivity contribution in [3.05, 3.63) is 0 Å². The molecule has 3 heteroatoms. The third-order valence-electron chi connectivity index (χ3n) is 4.57. The summed E-state index contributed by atoms with van der Waals surface area (Å²) in [4.78, 5) is 2.59. The van der Waals surface area contributed by atoms with Crippen LogP contribution in [0.4, 0.5) is 0 Å². The van der Waals surface area contributed by atoms with Gasteiger partial charge in [0.1, 0.15) is 0 Å². The zero-order valence-electron chi connectivity index (χ0n) is 12.2. The minimum Gasteiger partial charge on any atom is -0.384 e. The monoisotopic (exact) mass is 254 g/mol. The van der Waals surface area contributed by atoms with E-state index in [2.05, 4.69) is 17.1 Å². The SMILES string of the molecule is COCC1CCN(CCNC2CCCC(C)C2)C1. The number of ether oxygens (including phenoxy) is 1. The highest BCUT2D eigenvalue weighted by Gasteiger charge is 2.22. The fourth-order valence-electron chi connectivity index (χ4n) is 3.53. The molecule has 0 amide bonds. The van der Waals surface area contributed by atoms with Crippen molar-refractivity contribution in [2.75, 3.05) is 39.9 Å². The van der Waals surface area contributed by atoms with E-state index in [1.54, 1.807) is 0 Å². The van der Waals surface area contributed by atoms with Crippen molar-refractivity contribution in [3.8, 4) is 0 Å². The molecule has 18 heavy (non-hydrogen) atoms. The molecule has 3 nitrogen and oxygen atoms in total. The summed E-state index contributed by atoms with van der Waals surface area (Å²) in [5, 5.41) is 3.75. The average molecular weight is 254 g/mol. The Morgan fingerprint density at radius 1 is 1.28 bits per heavy atom. The summed E-state index contributed by atoms with van der Waals surface area (Å²) in [6, 6.07) is 0.783. The molecule has 0 aromatic carbocycles. The van der Waals surface area contributed by atoms with Crippen LogP contribution < -0.4 is 5.32 Å². The molecule has 2 rings (SSSR count).